The highest BCUT2D eigenvalue weighted by molar-refractivity contribution is 4.88. The van der Waals surface area contributed by atoms with E-state index in [0.717, 1.165) is 19.0 Å². The molecule has 1 aliphatic heterocycles. The third-order valence-corrected chi connectivity index (χ3v) is 4.86. The van der Waals surface area contributed by atoms with Gasteiger partial charge in [0.25, 0.3) is 0 Å². The lowest BCUT2D eigenvalue weighted by molar-refractivity contribution is 0.0447. The van der Waals surface area contributed by atoms with E-state index in [4.69, 9.17) is 0 Å². The predicted molar refractivity (Wildman–Crippen MR) is 80.3 cm³/mol. The van der Waals surface area contributed by atoms with Crippen LogP contribution in [0.1, 0.15) is 58.8 Å². The summed E-state index contributed by atoms with van der Waals surface area (Å²) in [7, 11) is 0. The minimum Gasteiger partial charge on any atom is -0.393 e. The summed E-state index contributed by atoms with van der Waals surface area (Å²) in [4.78, 5) is 2.54. The van der Waals surface area contributed by atoms with Crippen molar-refractivity contribution in [3.8, 4) is 0 Å². The number of likely N-dealkylation sites (tertiary alicyclic amines) is 1. The zero-order valence-electron chi connectivity index (χ0n) is 12.8. The summed E-state index contributed by atoms with van der Waals surface area (Å²) in [6, 6.07) is 1.32. The molecule has 0 aromatic heterocycles. The molecule has 1 saturated carbocycles. The van der Waals surface area contributed by atoms with Gasteiger partial charge < -0.3 is 15.3 Å². The summed E-state index contributed by atoms with van der Waals surface area (Å²) in [6.45, 7) is 7.63. The van der Waals surface area contributed by atoms with Crippen LogP contribution in [0.2, 0.25) is 0 Å². The van der Waals surface area contributed by atoms with Crippen LogP contribution in [0.3, 0.4) is 0 Å². The Hall–Kier alpha value is -0.120. The van der Waals surface area contributed by atoms with Crippen LogP contribution < -0.4 is 5.32 Å². The Morgan fingerprint density at radius 1 is 1.16 bits per heavy atom. The molecular formula is C16H32N2O. The Morgan fingerprint density at radius 2 is 1.89 bits per heavy atom. The Labute approximate surface area is 118 Å². The smallest absolute Gasteiger partial charge is 0.0553 e. The van der Waals surface area contributed by atoms with Gasteiger partial charge in [0, 0.05) is 25.2 Å². The number of nitrogens with zero attached hydrogens (tertiary/aromatic N) is 1. The Balaban J connectivity index is 1.86. The van der Waals surface area contributed by atoms with E-state index in [9.17, 15) is 5.11 Å². The number of hydrogen-bond donors (Lipinski definition) is 2. The van der Waals surface area contributed by atoms with Gasteiger partial charge in [-0.05, 0) is 45.1 Å². The van der Waals surface area contributed by atoms with Crippen LogP contribution in [0, 0.1) is 5.92 Å². The minimum atomic E-state index is -0.171. The lowest BCUT2D eigenvalue weighted by Gasteiger charge is -2.41. The first-order valence-electron chi connectivity index (χ1n) is 8.35. The Morgan fingerprint density at radius 3 is 2.53 bits per heavy atom. The van der Waals surface area contributed by atoms with E-state index in [2.05, 4.69) is 17.1 Å². The highest BCUT2D eigenvalue weighted by Crippen LogP contribution is 2.23. The van der Waals surface area contributed by atoms with Crippen molar-refractivity contribution in [2.45, 2.75) is 77.0 Å². The summed E-state index contributed by atoms with van der Waals surface area (Å²) in [5.41, 5.74) is 0. The lowest BCUT2D eigenvalue weighted by atomic mass is 9.88. The molecule has 2 aliphatic rings. The summed E-state index contributed by atoms with van der Waals surface area (Å²) in [6.07, 6.45) is 9.09. The molecule has 3 unspecified atom stereocenters. The molecule has 1 aliphatic carbocycles. The molecule has 3 atom stereocenters. The second-order valence-corrected chi connectivity index (χ2v) is 6.69. The van der Waals surface area contributed by atoms with Crippen LogP contribution >= 0.6 is 0 Å². The molecule has 0 radical (unpaired) electrons. The first kappa shape index (κ1) is 15.3. The Bertz CT molecular complexity index is 251. The minimum absolute atomic E-state index is 0.171. The zero-order valence-corrected chi connectivity index (χ0v) is 12.8. The van der Waals surface area contributed by atoms with Crippen LogP contribution in [0.4, 0.5) is 0 Å². The van der Waals surface area contributed by atoms with E-state index < -0.39 is 0 Å². The quantitative estimate of drug-likeness (QED) is 0.803. The molecule has 0 spiro atoms. The highest BCUT2D eigenvalue weighted by Gasteiger charge is 2.30. The normalized spacial score (nSPS) is 32.4. The fourth-order valence-electron chi connectivity index (χ4n) is 3.80. The standard InChI is InChI=1S/C16H32N2O/c1-3-9-18-11-14(13(2)19)10-16(12-18)17-15-7-5-4-6-8-15/h13-17,19H,3-12H2,1-2H3. The molecule has 3 nitrogen and oxygen atoms in total. The van der Waals surface area contributed by atoms with Gasteiger partial charge in [0.1, 0.15) is 0 Å². The van der Waals surface area contributed by atoms with E-state index in [1.54, 1.807) is 0 Å². The van der Waals surface area contributed by atoms with Crippen molar-refractivity contribution in [3.63, 3.8) is 0 Å². The van der Waals surface area contributed by atoms with Gasteiger partial charge >= 0.3 is 0 Å². The van der Waals surface area contributed by atoms with Gasteiger partial charge in [-0.15, -0.1) is 0 Å². The molecule has 0 bridgehead atoms. The van der Waals surface area contributed by atoms with Crippen molar-refractivity contribution >= 4 is 0 Å². The highest BCUT2D eigenvalue weighted by atomic mass is 16.3. The second-order valence-electron chi connectivity index (χ2n) is 6.69. The molecule has 2 rings (SSSR count). The maximum atomic E-state index is 9.93. The van der Waals surface area contributed by atoms with Gasteiger partial charge in [-0.2, -0.15) is 0 Å². The van der Waals surface area contributed by atoms with Crippen LogP contribution in [-0.2, 0) is 0 Å². The number of nitrogens with one attached hydrogen (secondary N) is 1. The summed E-state index contributed by atoms with van der Waals surface area (Å²) < 4.78 is 0. The van der Waals surface area contributed by atoms with Crippen LogP contribution in [0.15, 0.2) is 0 Å². The van der Waals surface area contributed by atoms with Crippen molar-refractivity contribution in [2.75, 3.05) is 19.6 Å². The largest absolute Gasteiger partial charge is 0.393 e. The van der Waals surface area contributed by atoms with Crippen LogP contribution in [0.25, 0.3) is 0 Å². The third-order valence-electron chi connectivity index (χ3n) is 4.86. The lowest BCUT2D eigenvalue weighted by Crippen LogP contribution is -2.53. The topological polar surface area (TPSA) is 35.5 Å². The molecule has 0 aromatic carbocycles. The molecule has 2 N–H and O–H groups in total. The third kappa shape index (κ3) is 4.73. The number of hydrogen-bond acceptors (Lipinski definition) is 3. The number of piperidine rings is 1. The molecule has 3 heteroatoms. The van der Waals surface area contributed by atoms with Gasteiger partial charge in [0.15, 0.2) is 0 Å². The number of aliphatic hydroxyl groups excluding tert-OH is 1. The average Bonchev–Trinajstić information content (AvgIpc) is 2.40. The van der Waals surface area contributed by atoms with Crippen molar-refractivity contribution in [3.05, 3.63) is 0 Å². The summed E-state index contributed by atoms with van der Waals surface area (Å²) in [5, 5.41) is 13.8. The zero-order chi connectivity index (χ0) is 13.7. The Kier molecular flexibility index (Phi) is 6.11. The average molecular weight is 268 g/mol. The van der Waals surface area contributed by atoms with Gasteiger partial charge in [-0.1, -0.05) is 26.2 Å². The predicted octanol–water partition coefficient (Wildman–Crippen LogP) is 2.39. The van der Waals surface area contributed by atoms with Gasteiger partial charge in [-0.25, -0.2) is 0 Å². The molecule has 0 amide bonds. The first-order valence-corrected chi connectivity index (χ1v) is 8.35. The fourth-order valence-corrected chi connectivity index (χ4v) is 3.80. The second kappa shape index (κ2) is 7.61. The van der Waals surface area contributed by atoms with Gasteiger partial charge in [-0.3, -0.25) is 0 Å². The van der Waals surface area contributed by atoms with Crippen molar-refractivity contribution in [1.29, 1.82) is 0 Å². The maximum absolute atomic E-state index is 9.93. The monoisotopic (exact) mass is 268 g/mol. The summed E-state index contributed by atoms with van der Waals surface area (Å²) in [5.74, 6) is 0.446. The maximum Gasteiger partial charge on any atom is 0.0553 e. The SMILES string of the molecule is CCCN1CC(NC2CCCCC2)CC(C(C)O)C1. The van der Waals surface area contributed by atoms with Gasteiger partial charge in [0.2, 0.25) is 0 Å². The first-order chi connectivity index (χ1) is 9.19. The van der Waals surface area contributed by atoms with E-state index in [-0.39, 0.29) is 6.10 Å². The van der Waals surface area contributed by atoms with Gasteiger partial charge in [0.05, 0.1) is 6.10 Å². The van der Waals surface area contributed by atoms with E-state index in [1.165, 1.54) is 51.6 Å². The van der Waals surface area contributed by atoms with Crippen LogP contribution in [0.5, 0.6) is 0 Å². The molecule has 19 heavy (non-hydrogen) atoms. The molecule has 112 valence electrons. The number of rotatable bonds is 5. The molecule has 0 aromatic rings. The van der Waals surface area contributed by atoms with E-state index >= 15 is 0 Å². The molecule has 2 fully saturated rings. The molecular weight excluding hydrogens is 236 g/mol. The van der Waals surface area contributed by atoms with E-state index in [0.29, 0.717) is 12.0 Å². The van der Waals surface area contributed by atoms with Crippen molar-refractivity contribution < 1.29 is 5.11 Å². The molecule has 1 saturated heterocycles. The van der Waals surface area contributed by atoms with E-state index in [1.807, 2.05) is 6.92 Å². The van der Waals surface area contributed by atoms with Crippen molar-refractivity contribution in [2.24, 2.45) is 5.92 Å². The summed E-state index contributed by atoms with van der Waals surface area (Å²) >= 11 is 0. The van der Waals surface area contributed by atoms with Crippen molar-refractivity contribution in [1.82, 2.24) is 10.2 Å². The van der Waals surface area contributed by atoms with Crippen LogP contribution in [-0.4, -0.2) is 47.8 Å². The molecule has 1 heterocycles. The number of aliphatic hydroxyl groups is 1. The fraction of sp³-hybridized carbons (Fsp3) is 1.00.